The Morgan fingerprint density at radius 1 is 0.952 bits per heavy atom. The zero-order valence-corrected chi connectivity index (χ0v) is 14.4. The first-order chi connectivity index (χ1) is 10.0. The molecule has 0 saturated heterocycles. The summed E-state index contributed by atoms with van der Waals surface area (Å²) < 4.78 is 11.6. The van der Waals surface area contributed by atoms with Gasteiger partial charge in [-0.3, -0.25) is 0 Å². The average Bonchev–Trinajstić information content (AvgIpc) is 2.49. The fraction of sp³-hybridized carbons (Fsp3) is 0.294. The molecule has 0 aromatic heterocycles. The molecule has 0 saturated carbocycles. The van der Waals surface area contributed by atoms with Crippen molar-refractivity contribution in [2.45, 2.75) is 20.4 Å². The Balaban J connectivity index is 2.17. The molecule has 2 rings (SSSR count). The van der Waals surface area contributed by atoms with Gasteiger partial charge in [-0.05, 0) is 54.8 Å². The van der Waals surface area contributed by atoms with Gasteiger partial charge in [-0.15, -0.1) is 0 Å². The lowest BCUT2D eigenvalue weighted by molar-refractivity contribution is 0.354. The van der Waals surface area contributed by atoms with Crippen LogP contribution < -0.4 is 14.8 Å². The molecule has 0 unspecified atom stereocenters. The second kappa shape index (κ2) is 6.85. The molecule has 3 nitrogen and oxygen atoms in total. The first kappa shape index (κ1) is 15.7. The van der Waals surface area contributed by atoms with Crippen LogP contribution in [0.5, 0.6) is 11.5 Å². The van der Waals surface area contributed by atoms with Gasteiger partial charge in [0.2, 0.25) is 0 Å². The van der Waals surface area contributed by atoms with Crippen molar-refractivity contribution in [2.24, 2.45) is 0 Å². The maximum atomic E-state index is 5.35. The zero-order valence-electron chi connectivity index (χ0n) is 12.8. The van der Waals surface area contributed by atoms with Crippen LogP contribution in [0.15, 0.2) is 34.8 Å². The van der Waals surface area contributed by atoms with E-state index >= 15 is 0 Å². The summed E-state index contributed by atoms with van der Waals surface area (Å²) in [7, 11) is 3.28. The van der Waals surface area contributed by atoms with Gasteiger partial charge < -0.3 is 14.8 Å². The second-order valence-corrected chi connectivity index (χ2v) is 5.81. The van der Waals surface area contributed by atoms with E-state index in [2.05, 4.69) is 53.3 Å². The van der Waals surface area contributed by atoms with Gasteiger partial charge >= 0.3 is 0 Å². The topological polar surface area (TPSA) is 30.5 Å². The first-order valence-electron chi connectivity index (χ1n) is 6.76. The van der Waals surface area contributed by atoms with Crippen LogP contribution in [0.1, 0.15) is 16.7 Å². The number of rotatable bonds is 5. The fourth-order valence-corrected chi connectivity index (χ4v) is 2.54. The number of halogens is 1. The molecule has 0 aliphatic carbocycles. The highest BCUT2D eigenvalue weighted by Gasteiger charge is 2.09. The maximum Gasteiger partial charge on any atom is 0.161 e. The van der Waals surface area contributed by atoms with Crippen molar-refractivity contribution in [3.8, 4) is 11.5 Å². The molecule has 112 valence electrons. The second-order valence-electron chi connectivity index (χ2n) is 4.95. The van der Waals surface area contributed by atoms with E-state index in [0.29, 0.717) is 6.54 Å². The molecule has 0 aliphatic heterocycles. The van der Waals surface area contributed by atoms with Gasteiger partial charge in [0, 0.05) is 16.7 Å². The van der Waals surface area contributed by atoms with Crippen molar-refractivity contribution >= 4 is 21.6 Å². The molecule has 0 atom stereocenters. The molecule has 4 heteroatoms. The predicted octanol–water partition coefficient (Wildman–Crippen LogP) is 4.70. The van der Waals surface area contributed by atoms with Crippen molar-refractivity contribution in [3.63, 3.8) is 0 Å². The number of aryl methyl sites for hydroxylation is 2. The molecular weight excluding hydrogens is 330 g/mol. The monoisotopic (exact) mass is 349 g/mol. The smallest absolute Gasteiger partial charge is 0.161 e. The normalized spacial score (nSPS) is 10.3. The summed E-state index contributed by atoms with van der Waals surface area (Å²) >= 11 is 3.58. The van der Waals surface area contributed by atoms with Crippen LogP contribution in [0.3, 0.4) is 0 Å². The minimum absolute atomic E-state index is 0.712. The number of hydrogen-bond acceptors (Lipinski definition) is 3. The molecule has 0 fully saturated rings. The number of ether oxygens (including phenoxy) is 2. The summed E-state index contributed by atoms with van der Waals surface area (Å²) in [5.41, 5.74) is 4.81. The average molecular weight is 350 g/mol. The van der Waals surface area contributed by atoms with Crippen molar-refractivity contribution in [1.29, 1.82) is 0 Å². The molecule has 0 heterocycles. The molecule has 21 heavy (non-hydrogen) atoms. The van der Waals surface area contributed by atoms with Crippen molar-refractivity contribution in [1.82, 2.24) is 0 Å². The summed E-state index contributed by atoms with van der Waals surface area (Å²) in [5, 5.41) is 3.43. The number of hydrogen-bond donors (Lipinski definition) is 1. The van der Waals surface area contributed by atoms with E-state index in [1.807, 2.05) is 12.1 Å². The van der Waals surface area contributed by atoms with Crippen LogP contribution in [-0.2, 0) is 6.54 Å². The summed E-state index contributed by atoms with van der Waals surface area (Å²) in [6.45, 7) is 4.94. The van der Waals surface area contributed by atoms with Gasteiger partial charge in [-0.25, -0.2) is 0 Å². The van der Waals surface area contributed by atoms with Crippen LogP contribution in [0.2, 0.25) is 0 Å². The van der Waals surface area contributed by atoms with Gasteiger partial charge in [0.15, 0.2) is 11.5 Å². The molecule has 0 spiro atoms. The van der Waals surface area contributed by atoms with Crippen LogP contribution in [0, 0.1) is 13.8 Å². The lowest BCUT2D eigenvalue weighted by atomic mass is 10.1. The zero-order chi connectivity index (χ0) is 15.4. The summed E-state index contributed by atoms with van der Waals surface area (Å²) in [4.78, 5) is 0. The number of methoxy groups -OCH3 is 2. The van der Waals surface area contributed by atoms with E-state index in [4.69, 9.17) is 9.47 Å². The third-order valence-corrected chi connectivity index (χ3v) is 4.28. The van der Waals surface area contributed by atoms with Gasteiger partial charge in [0.25, 0.3) is 0 Å². The predicted molar refractivity (Wildman–Crippen MR) is 90.5 cm³/mol. The Hall–Kier alpha value is -1.68. The third kappa shape index (κ3) is 3.70. The summed E-state index contributed by atoms with van der Waals surface area (Å²) in [6.07, 6.45) is 0. The van der Waals surface area contributed by atoms with E-state index in [1.54, 1.807) is 14.2 Å². The molecule has 0 aliphatic rings. The van der Waals surface area contributed by atoms with Crippen molar-refractivity contribution in [2.75, 3.05) is 19.5 Å². The third-order valence-electron chi connectivity index (χ3n) is 3.54. The highest BCUT2D eigenvalue weighted by Crippen LogP contribution is 2.33. The van der Waals surface area contributed by atoms with E-state index in [1.165, 1.54) is 11.1 Å². The molecule has 0 bridgehead atoms. The van der Waals surface area contributed by atoms with Crippen LogP contribution in [0.4, 0.5) is 5.69 Å². The maximum absolute atomic E-state index is 5.35. The Labute approximate surface area is 134 Å². The molecule has 0 radical (unpaired) electrons. The highest BCUT2D eigenvalue weighted by atomic mass is 79.9. The van der Waals surface area contributed by atoms with Crippen molar-refractivity contribution in [3.05, 3.63) is 51.5 Å². The summed E-state index contributed by atoms with van der Waals surface area (Å²) in [5.74, 6) is 1.46. The van der Waals surface area contributed by atoms with Crippen LogP contribution in [-0.4, -0.2) is 14.2 Å². The highest BCUT2D eigenvalue weighted by molar-refractivity contribution is 9.10. The lowest BCUT2D eigenvalue weighted by Gasteiger charge is -2.13. The summed E-state index contributed by atoms with van der Waals surface area (Å²) in [6, 6.07) is 10.3. The number of benzene rings is 2. The molecule has 2 aromatic carbocycles. The van der Waals surface area contributed by atoms with Gasteiger partial charge in [0.05, 0.1) is 14.2 Å². The van der Waals surface area contributed by atoms with Crippen molar-refractivity contribution < 1.29 is 9.47 Å². The van der Waals surface area contributed by atoms with Gasteiger partial charge in [-0.1, -0.05) is 22.0 Å². The SMILES string of the molecule is COc1cc(Br)c(CNc2ccc(C)c(C)c2)cc1OC. The quantitative estimate of drug-likeness (QED) is 0.848. The number of nitrogens with one attached hydrogen (secondary N) is 1. The Morgan fingerprint density at radius 3 is 2.24 bits per heavy atom. The largest absolute Gasteiger partial charge is 0.493 e. The van der Waals surface area contributed by atoms with E-state index in [9.17, 15) is 0 Å². The van der Waals surface area contributed by atoms with E-state index in [0.717, 1.165) is 27.2 Å². The van der Waals surface area contributed by atoms with Crippen LogP contribution in [0.25, 0.3) is 0 Å². The fourth-order valence-electron chi connectivity index (χ4n) is 2.08. The molecular formula is C17H20BrNO2. The molecule has 2 aromatic rings. The van der Waals surface area contributed by atoms with E-state index in [-0.39, 0.29) is 0 Å². The van der Waals surface area contributed by atoms with Gasteiger partial charge in [0.1, 0.15) is 0 Å². The minimum Gasteiger partial charge on any atom is -0.493 e. The molecule has 1 N–H and O–H groups in total. The Kier molecular flexibility index (Phi) is 5.12. The van der Waals surface area contributed by atoms with Gasteiger partial charge in [-0.2, -0.15) is 0 Å². The lowest BCUT2D eigenvalue weighted by Crippen LogP contribution is -2.02. The Bertz CT molecular complexity index is 641. The minimum atomic E-state index is 0.712. The molecule has 0 amide bonds. The Morgan fingerprint density at radius 2 is 1.62 bits per heavy atom. The standard InChI is InChI=1S/C17H20BrNO2/c1-11-5-6-14(7-12(11)2)19-10-13-8-16(20-3)17(21-4)9-15(13)18/h5-9,19H,10H2,1-4H3. The number of anilines is 1. The first-order valence-corrected chi connectivity index (χ1v) is 7.56. The van der Waals surface area contributed by atoms with E-state index < -0.39 is 0 Å². The van der Waals surface area contributed by atoms with Crippen LogP contribution >= 0.6 is 15.9 Å².